The minimum atomic E-state index is -0.201. The van der Waals surface area contributed by atoms with E-state index >= 15 is 0 Å². The third kappa shape index (κ3) is 3.07. The Morgan fingerprint density at radius 1 is 1.28 bits per heavy atom. The highest BCUT2D eigenvalue weighted by molar-refractivity contribution is 5.80. The van der Waals surface area contributed by atoms with E-state index in [2.05, 4.69) is 9.88 Å². The van der Waals surface area contributed by atoms with Crippen LogP contribution >= 0.6 is 0 Å². The van der Waals surface area contributed by atoms with E-state index in [1.807, 2.05) is 29.5 Å². The Hall–Kier alpha value is -1.85. The van der Waals surface area contributed by atoms with E-state index in [1.54, 1.807) is 6.20 Å². The van der Waals surface area contributed by atoms with Crippen molar-refractivity contribution >= 4 is 11.8 Å². The third-order valence-electron chi connectivity index (χ3n) is 6.46. The molecule has 0 N–H and O–H groups in total. The molecular formula is C19H28N4O2. The number of hydrogen-bond donors (Lipinski definition) is 0. The highest BCUT2D eigenvalue weighted by atomic mass is 16.2. The maximum absolute atomic E-state index is 12.9. The first-order valence-electron chi connectivity index (χ1n) is 9.57. The summed E-state index contributed by atoms with van der Waals surface area (Å²) >= 11 is 0. The van der Waals surface area contributed by atoms with Crippen molar-refractivity contribution in [3.63, 3.8) is 0 Å². The van der Waals surface area contributed by atoms with Crippen molar-refractivity contribution in [1.82, 2.24) is 19.4 Å². The molecule has 2 saturated heterocycles. The number of rotatable bonds is 3. The second-order valence-electron chi connectivity index (χ2n) is 8.14. The molecule has 4 rings (SSSR count). The maximum atomic E-state index is 12.9. The summed E-state index contributed by atoms with van der Waals surface area (Å²) < 4.78 is 1.95. The number of nitrogens with zero attached hydrogens (tertiary/aromatic N) is 4. The van der Waals surface area contributed by atoms with Gasteiger partial charge >= 0.3 is 0 Å². The first-order chi connectivity index (χ1) is 12.0. The second kappa shape index (κ2) is 6.15. The molecule has 1 aliphatic carbocycles. The van der Waals surface area contributed by atoms with Crippen LogP contribution in [-0.4, -0.2) is 56.8 Å². The summed E-state index contributed by atoms with van der Waals surface area (Å²) in [5.74, 6) is 1.40. The molecule has 3 heterocycles. The van der Waals surface area contributed by atoms with Gasteiger partial charge in [-0.2, -0.15) is 0 Å². The van der Waals surface area contributed by atoms with E-state index in [4.69, 9.17) is 0 Å². The van der Waals surface area contributed by atoms with Crippen molar-refractivity contribution < 1.29 is 9.59 Å². The largest absolute Gasteiger partial charge is 0.341 e. The number of likely N-dealkylation sites (tertiary alicyclic amines) is 2. The van der Waals surface area contributed by atoms with Crippen LogP contribution < -0.4 is 0 Å². The molecule has 1 atom stereocenters. The SMILES string of the molecule is Cc1nccn1[C@@H](C)C(=O)N1CCC2(CCC(=O)N(C3CC3)C2)CC1. The predicted octanol–water partition coefficient (Wildman–Crippen LogP) is 2.15. The number of amides is 2. The van der Waals surface area contributed by atoms with E-state index in [1.165, 1.54) is 12.8 Å². The number of hydrogen-bond acceptors (Lipinski definition) is 3. The molecule has 25 heavy (non-hydrogen) atoms. The summed E-state index contributed by atoms with van der Waals surface area (Å²) in [6.45, 7) is 6.41. The van der Waals surface area contributed by atoms with Crippen LogP contribution in [0.2, 0.25) is 0 Å². The van der Waals surface area contributed by atoms with Crippen LogP contribution in [0.25, 0.3) is 0 Å². The minimum Gasteiger partial charge on any atom is -0.341 e. The summed E-state index contributed by atoms with van der Waals surface area (Å²) in [7, 11) is 0. The van der Waals surface area contributed by atoms with Crippen LogP contribution in [0.1, 0.15) is 57.3 Å². The average Bonchev–Trinajstić information content (AvgIpc) is 3.38. The van der Waals surface area contributed by atoms with Crippen molar-refractivity contribution in [3.8, 4) is 0 Å². The molecule has 0 radical (unpaired) electrons. The predicted molar refractivity (Wildman–Crippen MR) is 93.9 cm³/mol. The zero-order chi connectivity index (χ0) is 17.6. The second-order valence-corrected chi connectivity index (χ2v) is 8.14. The molecule has 1 saturated carbocycles. The van der Waals surface area contributed by atoms with E-state index in [0.29, 0.717) is 18.4 Å². The zero-order valence-electron chi connectivity index (χ0n) is 15.3. The summed E-state index contributed by atoms with van der Waals surface area (Å²) in [6, 6.07) is 0.307. The number of carbonyl (C=O) groups is 2. The molecule has 3 aliphatic rings. The lowest BCUT2D eigenvalue weighted by molar-refractivity contribution is -0.144. The molecule has 0 aromatic carbocycles. The number of imidazole rings is 1. The van der Waals surface area contributed by atoms with Crippen LogP contribution in [0, 0.1) is 12.3 Å². The minimum absolute atomic E-state index is 0.182. The Morgan fingerprint density at radius 3 is 2.60 bits per heavy atom. The van der Waals surface area contributed by atoms with Gasteiger partial charge in [0.1, 0.15) is 11.9 Å². The monoisotopic (exact) mass is 344 g/mol. The molecule has 1 spiro atoms. The standard InChI is InChI=1S/C19H28N4O2/c1-14(22-12-9-20-15(22)2)18(25)21-10-7-19(8-11-21)6-5-17(24)23(13-19)16-3-4-16/h9,12,14,16H,3-8,10-11,13H2,1-2H3/t14-/m0/s1. The molecule has 6 heteroatoms. The average molecular weight is 344 g/mol. The van der Waals surface area contributed by atoms with Crippen LogP contribution in [-0.2, 0) is 9.59 Å². The van der Waals surface area contributed by atoms with E-state index in [9.17, 15) is 9.59 Å². The maximum Gasteiger partial charge on any atom is 0.245 e. The molecule has 6 nitrogen and oxygen atoms in total. The van der Waals surface area contributed by atoms with Gasteiger partial charge in [-0.05, 0) is 51.4 Å². The zero-order valence-corrected chi connectivity index (χ0v) is 15.3. The Labute approximate surface area is 149 Å². The van der Waals surface area contributed by atoms with Crippen molar-refractivity contribution in [1.29, 1.82) is 0 Å². The normalized spacial score (nSPS) is 24.6. The fraction of sp³-hybridized carbons (Fsp3) is 0.737. The van der Waals surface area contributed by atoms with Gasteiger partial charge in [-0.1, -0.05) is 0 Å². The number of carbonyl (C=O) groups excluding carboxylic acids is 2. The molecule has 1 aromatic heterocycles. The quantitative estimate of drug-likeness (QED) is 0.844. The molecule has 0 bridgehead atoms. The van der Waals surface area contributed by atoms with Gasteiger partial charge < -0.3 is 14.4 Å². The molecular weight excluding hydrogens is 316 g/mol. The van der Waals surface area contributed by atoms with E-state index in [-0.39, 0.29) is 17.4 Å². The molecule has 1 aromatic rings. The lowest BCUT2D eigenvalue weighted by Gasteiger charge is -2.48. The summed E-state index contributed by atoms with van der Waals surface area (Å²) in [5, 5.41) is 0. The van der Waals surface area contributed by atoms with Gasteiger partial charge in [0.25, 0.3) is 0 Å². The fourth-order valence-corrected chi connectivity index (χ4v) is 4.55. The highest BCUT2D eigenvalue weighted by Gasteiger charge is 2.45. The molecule has 136 valence electrons. The lowest BCUT2D eigenvalue weighted by atomic mass is 9.72. The Morgan fingerprint density at radius 2 is 2.00 bits per heavy atom. The highest BCUT2D eigenvalue weighted by Crippen LogP contribution is 2.43. The van der Waals surface area contributed by atoms with Crippen LogP contribution in [0.3, 0.4) is 0 Å². The molecule has 0 unspecified atom stereocenters. The van der Waals surface area contributed by atoms with Crippen molar-refractivity contribution in [2.24, 2.45) is 5.41 Å². The van der Waals surface area contributed by atoms with E-state index in [0.717, 1.165) is 44.7 Å². The molecule has 2 aliphatic heterocycles. The van der Waals surface area contributed by atoms with Crippen LogP contribution in [0.15, 0.2) is 12.4 Å². The van der Waals surface area contributed by atoms with Crippen molar-refractivity contribution in [2.45, 2.75) is 64.5 Å². The fourth-order valence-electron chi connectivity index (χ4n) is 4.55. The number of aryl methyl sites for hydroxylation is 1. The number of aromatic nitrogens is 2. The van der Waals surface area contributed by atoms with Crippen LogP contribution in [0.4, 0.5) is 0 Å². The van der Waals surface area contributed by atoms with Gasteiger partial charge in [0, 0.05) is 44.5 Å². The topological polar surface area (TPSA) is 58.4 Å². The smallest absolute Gasteiger partial charge is 0.245 e. The summed E-state index contributed by atoms with van der Waals surface area (Å²) in [5.41, 5.74) is 0.238. The molecule has 2 amide bonds. The Kier molecular flexibility index (Phi) is 4.08. The van der Waals surface area contributed by atoms with Gasteiger partial charge in [-0.25, -0.2) is 4.98 Å². The van der Waals surface area contributed by atoms with Crippen molar-refractivity contribution in [2.75, 3.05) is 19.6 Å². The van der Waals surface area contributed by atoms with Gasteiger partial charge in [-0.15, -0.1) is 0 Å². The first kappa shape index (κ1) is 16.6. The molecule has 3 fully saturated rings. The summed E-state index contributed by atoms with van der Waals surface area (Å²) in [4.78, 5) is 33.4. The van der Waals surface area contributed by atoms with Gasteiger partial charge in [0.15, 0.2) is 0 Å². The Bertz CT molecular complexity index is 671. The lowest BCUT2D eigenvalue weighted by Crippen LogP contribution is -2.53. The van der Waals surface area contributed by atoms with Gasteiger partial charge in [0.05, 0.1) is 0 Å². The van der Waals surface area contributed by atoms with Gasteiger partial charge in [0.2, 0.25) is 11.8 Å². The Balaban J connectivity index is 1.38. The number of piperidine rings is 2. The summed E-state index contributed by atoms with van der Waals surface area (Å²) in [6.07, 6.45) is 9.69. The van der Waals surface area contributed by atoms with Gasteiger partial charge in [-0.3, -0.25) is 9.59 Å². The van der Waals surface area contributed by atoms with Crippen LogP contribution in [0.5, 0.6) is 0 Å². The van der Waals surface area contributed by atoms with Crippen molar-refractivity contribution in [3.05, 3.63) is 18.2 Å². The third-order valence-corrected chi connectivity index (χ3v) is 6.46. The first-order valence-corrected chi connectivity index (χ1v) is 9.57. The van der Waals surface area contributed by atoms with E-state index < -0.39 is 0 Å².